The molecule has 0 heterocycles. The van der Waals surface area contributed by atoms with Crippen molar-refractivity contribution >= 4 is 17.5 Å². The highest BCUT2D eigenvalue weighted by Gasteiger charge is 1.99. The Kier molecular flexibility index (Phi) is 8.07. The molecule has 0 amide bonds. The molecule has 0 aromatic heterocycles. The zero-order valence-corrected chi connectivity index (χ0v) is 8.08. The van der Waals surface area contributed by atoms with Crippen molar-refractivity contribution in [1.82, 2.24) is 0 Å². The van der Waals surface area contributed by atoms with Crippen molar-refractivity contribution < 1.29 is 9.53 Å². The van der Waals surface area contributed by atoms with Crippen LogP contribution in [0.15, 0.2) is 0 Å². The zero-order chi connectivity index (χ0) is 8.53. The Morgan fingerprint density at radius 1 is 1.55 bits per heavy atom. The fourth-order valence-corrected chi connectivity index (χ4v) is 1.39. The Morgan fingerprint density at radius 2 is 2.27 bits per heavy atom. The van der Waals surface area contributed by atoms with Gasteiger partial charge in [0.05, 0.1) is 0 Å². The quantitative estimate of drug-likeness (QED) is 0.553. The van der Waals surface area contributed by atoms with E-state index in [1.165, 1.54) is 0 Å². The average Bonchev–Trinajstić information content (AvgIpc) is 1.99. The van der Waals surface area contributed by atoms with Crippen LogP contribution in [-0.4, -0.2) is 31.0 Å². The number of carbonyl (C=O) groups is 1. The molecule has 0 atom stereocenters. The summed E-state index contributed by atoms with van der Waals surface area (Å²) in [7, 11) is 1.55. The van der Waals surface area contributed by atoms with E-state index in [0.29, 0.717) is 6.42 Å². The Morgan fingerprint density at radius 3 is 2.82 bits per heavy atom. The van der Waals surface area contributed by atoms with Crippen LogP contribution in [0.3, 0.4) is 0 Å². The zero-order valence-electron chi connectivity index (χ0n) is 7.26. The van der Waals surface area contributed by atoms with Crippen molar-refractivity contribution in [3.05, 3.63) is 0 Å². The lowest BCUT2D eigenvalue weighted by Crippen LogP contribution is -2.06. The molecule has 11 heavy (non-hydrogen) atoms. The van der Waals surface area contributed by atoms with Crippen molar-refractivity contribution in [2.24, 2.45) is 0 Å². The second-order valence-electron chi connectivity index (χ2n) is 2.27. The largest absolute Gasteiger partial charge is 0.377 e. The summed E-state index contributed by atoms with van der Waals surface area (Å²) >= 11 is 1.88. The third kappa shape index (κ3) is 7.88. The first kappa shape index (κ1) is 11.0. The first-order valence-electron chi connectivity index (χ1n) is 3.89. The molecule has 0 aromatic carbocycles. The molecule has 0 aliphatic rings. The normalized spacial score (nSPS) is 10.0. The van der Waals surface area contributed by atoms with Crippen molar-refractivity contribution in [2.75, 3.05) is 25.2 Å². The summed E-state index contributed by atoms with van der Waals surface area (Å²) in [5.74, 6) is 2.44. The van der Waals surface area contributed by atoms with Gasteiger partial charge in [-0.15, -0.1) is 0 Å². The van der Waals surface area contributed by atoms with E-state index in [9.17, 15) is 4.79 Å². The first-order valence-corrected chi connectivity index (χ1v) is 5.05. The molecule has 66 valence electrons. The third-order valence-corrected chi connectivity index (χ3v) is 2.24. The predicted molar refractivity (Wildman–Crippen MR) is 49.1 cm³/mol. The van der Waals surface area contributed by atoms with Crippen LogP contribution >= 0.6 is 11.8 Å². The van der Waals surface area contributed by atoms with Crippen molar-refractivity contribution in [1.29, 1.82) is 0 Å². The predicted octanol–water partition coefficient (Wildman–Crippen LogP) is 1.74. The number of methoxy groups -OCH3 is 1. The van der Waals surface area contributed by atoms with Gasteiger partial charge in [-0.1, -0.05) is 6.92 Å². The van der Waals surface area contributed by atoms with Gasteiger partial charge in [0, 0.05) is 13.5 Å². The minimum absolute atomic E-state index is 0.212. The van der Waals surface area contributed by atoms with E-state index in [1.54, 1.807) is 7.11 Å². The second-order valence-corrected chi connectivity index (χ2v) is 3.67. The van der Waals surface area contributed by atoms with Gasteiger partial charge < -0.3 is 4.74 Å². The molecule has 0 bridgehead atoms. The maximum atomic E-state index is 10.9. The number of thioether (sulfide) groups is 1. The number of carbonyl (C=O) groups excluding carboxylic acids is 1. The van der Waals surface area contributed by atoms with E-state index >= 15 is 0 Å². The van der Waals surface area contributed by atoms with Crippen LogP contribution in [0.1, 0.15) is 19.8 Å². The minimum atomic E-state index is 0.212. The first-order chi connectivity index (χ1) is 5.31. The average molecular weight is 176 g/mol. The number of hydrogen-bond donors (Lipinski definition) is 0. The molecule has 0 radical (unpaired) electrons. The van der Waals surface area contributed by atoms with Gasteiger partial charge in [-0.05, 0) is 17.9 Å². The van der Waals surface area contributed by atoms with E-state index in [-0.39, 0.29) is 12.4 Å². The lowest BCUT2D eigenvalue weighted by molar-refractivity contribution is -0.122. The summed E-state index contributed by atoms with van der Waals surface area (Å²) in [5.41, 5.74) is 0. The molecule has 0 rings (SSSR count). The molecule has 2 nitrogen and oxygen atoms in total. The minimum Gasteiger partial charge on any atom is -0.377 e. The summed E-state index contributed by atoms with van der Waals surface area (Å²) in [4.78, 5) is 10.9. The standard InChI is InChI=1S/C8H16O2S/c1-3-11-6-4-5-8(9)7-10-2/h3-7H2,1-2H3. The van der Waals surface area contributed by atoms with Crippen molar-refractivity contribution in [3.8, 4) is 0 Å². The lowest BCUT2D eigenvalue weighted by atomic mass is 10.2. The summed E-state index contributed by atoms with van der Waals surface area (Å²) < 4.78 is 4.70. The highest BCUT2D eigenvalue weighted by molar-refractivity contribution is 7.99. The molecule has 0 N–H and O–H groups in total. The van der Waals surface area contributed by atoms with Crippen LogP contribution in [0.25, 0.3) is 0 Å². The molecule has 0 spiro atoms. The Balaban J connectivity index is 3.04. The van der Waals surface area contributed by atoms with Gasteiger partial charge >= 0.3 is 0 Å². The molecule has 3 heteroatoms. The summed E-state index contributed by atoms with van der Waals surface area (Å²) in [6.07, 6.45) is 1.65. The lowest BCUT2D eigenvalue weighted by Gasteiger charge is -1.98. The molecule has 0 aromatic rings. The SMILES string of the molecule is CCSCCCC(=O)COC. The van der Waals surface area contributed by atoms with Crippen LogP contribution in [0.5, 0.6) is 0 Å². The molecule has 0 saturated carbocycles. The number of rotatable bonds is 7. The topological polar surface area (TPSA) is 26.3 Å². The van der Waals surface area contributed by atoms with Gasteiger partial charge in [0.1, 0.15) is 6.61 Å². The number of ketones is 1. The van der Waals surface area contributed by atoms with E-state index in [4.69, 9.17) is 4.74 Å². The molecule has 0 aliphatic heterocycles. The van der Waals surface area contributed by atoms with E-state index in [0.717, 1.165) is 17.9 Å². The Labute approximate surface area is 72.7 Å². The van der Waals surface area contributed by atoms with Gasteiger partial charge in [0.15, 0.2) is 5.78 Å². The van der Waals surface area contributed by atoms with Gasteiger partial charge in [-0.3, -0.25) is 4.79 Å². The maximum Gasteiger partial charge on any atom is 0.158 e. The van der Waals surface area contributed by atoms with E-state index in [1.807, 2.05) is 11.8 Å². The fraction of sp³-hybridized carbons (Fsp3) is 0.875. The van der Waals surface area contributed by atoms with Crippen LogP contribution in [0.2, 0.25) is 0 Å². The number of hydrogen-bond acceptors (Lipinski definition) is 3. The van der Waals surface area contributed by atoms with Gasteiger partial charge in [0.25, 0.3) is 0 Å². The summed E-state index contributed by atoms with van der Waals surface area (Å²) in [6.45, 7) is 2.40. The second kappa shape index (κ2) is 8.08. The molecular formula is C8H16O2S. The highest BCUT2D eigenvalue weighted by atomic mass is 32.2. The van der Waals surface area contributed by atoms with E-state index in [2.05, 4.69) is 6.92 Å². The van der Waals surface area contributed by atoms with Gasteiger partial charge in [-0.25, -0.2) is 0 Å². The molecule has 0 aliphatic carbocycles. The van der Waals surface area contributed by atoms with E-state index < -0.39 is 0 Å². The molecule has 0 saturated heterocycles. The van der Waals surface area contributed by atoms with Gasteiger partial charge in [-0.2, -0.15) is 11.8 Å². The summed E-state index contributed by atoms with van der Waals surface area (Å²) in [5, 5.41) is 0. The maximum absolute atomic E-state index is 10.9. The van der Waals surface area contributed by atoms with Gasteiger partial charge in [0.2, 0.25) is 0 Å². The monoisotopic (exact) mass is 176 g/mol. The Bertz CT molecular complexity index is 104. The molecular weight excluding hydrogens is 160 g/mol. The molecule has 0 fully saturated rings. The highest BCUT2D eigenvalue weighted by Crippen LogP contribution is 2.03. The smallest absolute Gasteiger partial charge is 0.158 e. The Hall–Kier alpha value is -0.0200. The number of ether oxygens (including phenoxy) is 1. The van der Waals surface area contributed by atoms with Crippen LogP contribution in [0.4, 0.5) is 0 Å². The van der Waals surface area contributed by atoms with Crippen LogP contribution in [-0.2, 0) is 9.53 Å². The van der Waals surface area contributed by atoms with Crippen molar-refractivity contribution in [2.45, 2.75) is 19.8 Å². The van der Waals surface area contributed by atoms with Crippen LogP contribution < -0.4 is 0 Å². The third-order valence-electron chi connectivity index (χ3n) is 1.25. The van der Waals surface area contributed by atoms with Crippen molar-refractivity contribution in [3.63, 3.8) is 0 Å². The summed E-state index contributed by atoms with van der Waals surface area (Å²) in [6, 6.07) is 0. The fourth-order valence-electron chi connectivity index (χ4n) is 0.749. The van der Waals surface area contributed by atoms with Crippen LogP contribution in [0, 0.1) is 0 Å². The molecule has 0 unspecified atom stereocenters. The number of Topliss-reactive ketones (excluding diaryl/α,β-unsaturated/α-hetero) is 1.